The maximum absolute atomic E-state index is 3.38. The van der Waals surface area contributed by atoms with Crippen molar-refractivity contribution in [1.29, 1.82) is 0 Å². The van der Waals surface area contributed by atoms with Gasteiger partial charge in [0, 0.05) is 19.8 Å². The van der Waals surface area contributed by atoms with E-state index in [0.29, 0.717) is 0 Å². The second kappa shape index (κ2) is 5.17. The Kier molecular flexibility index (Phi) is 3.62. The van der Waals surface area contributed by atoms with Gasteiger partial charge in [-0.2, -0.15) is 0 Å². The molecule has 0 amide bonds. The van der Waals surface area contributed by atoms with Gasteiger partial charge in [-0.1, -0.05) is 23.8 Å². The van der Waals surface area contributed by atoms with Crippen LogP contribution in [-0.2, 0) is 0 Å². The summed E-state index contributed by atoms with van der Waals surface area (Å²) in [6, 6.07) is 8.75. The molecule has 1 aliphatic heterocycles. The first-order valence-corrected chi connectivity index (χ1v) is 5.93. The normalized spacial score (nSPS) is 16.0. The van der Waals surface area contributed by atoms with E-state index in [1.54, 1.807) is 5.57 Å². The Labute approximate surface area is 98.0 Å². The fourth-order valence-corrected chi connectivity index (χ4v) is 2.00. The van der Waals surface area contributed by atoms with E-state index in [1.807, 2.05) is 0 Å². The highest BCUT2D eigenvalue weighted by Crippen LogP contribution is 2.18. The van der Waals surface area contributed by atoms with Crippen molar-refractivity contribution in [3.63, 3.8) is 0 Å². The fraction of sp³-hybridized carbons (Fsp3) is 0.429. The van der Waals surface area contributed by atoms with Gasteiger partial charge >= 0.3 is 0 Å². The van der Waals surface area contributed by atoms with Crippen LogP contribution in [0.4, 0.5) is 5.69 Å². The standard InChI is InChI=1S/C14H20N2/c1-16(2)14-5-3-12(4-6-14)11-13-7-9-15-10-8-13/h3-6,11,15H,7-10H2,1-2H3. The molecule has 1 fully saturated rings. The lowest BCUT2D eigenvalue weighted by atomic mass is 10.0. The Morgan fingerprint density at radius 3 is 2.25 bits per heavy atom. The molecule has 1 aliphatic rings. The molecule has 0 atom stereocenters. The average Bonchev–Trinajstić information content (AvgIpc) is 2.31. The molecule has 2 heteroatoms. The largest absolute Gasteiger partial charge is 0.378 e. The average molecular weight is 216 g/mol. The van der Waals surface area contributed by atoms with Crippen molar-refractivity contribution in [1.82, 2.24) is 5.32 Å². The number of piperidine rings is 1. The predicted octanol–water partition coefficient (Wildman–Crippen LogP) is 2.52. The predicted molar refractivity (Wildman–Crippen MR) is 70.8 cm³/mol. The third-order valence-corrected chi connectivity index (χ3v) is 3.03. The summed E-state index contributed by atoms with van der Waals surface area (Å²) in [6.07, 6.45) is 4.71. The van der Waals surface area contributed by atoms with Gasteiger partial charge in [0.1, 0.15) is 0 Å². The van der Waals surface area contributed by atoms with Crippen molar-refractivity contribution in [2.75, 3.05) is 32.1 Å². The van der Waals surface area contributed by atoms with Crippen LogP contribution in [0.1, 0.15) is 18.4 Å². The molecule has 1 saturated heterocycles. The monoisotopic (exact) mass is 216 g/mol. The van der Waals surface area contributed by atoms with Gasteiger partial charge < -0.3 is 10.2 Å². The van der Waals surface area contributed by atoms with Crippen molar-refractivity contribution in [2.45, 2.75) is 12.8 Å². The topological polar surface area (TPSA) is 15.3 Å². The quantitative estimate of drug-likeness (QED) is 0.817. The summed E-state index contributed by atoms with van der Waals surface area (Å²) in [6.45, 7) is 2.25. The minimum atomic E-state index is 1.13. The molecule has 2 nitrogen and oxygen atoms in total. The van der Waals surface area contributed by atoms with Crippen LogP contribution in [0.15, 0.2) is 29.8 Å². The summed E-state index contributed by atoms with van der Waals surface area (Å²) in [4.78, 5) is 2.13. The molecule has 0 radical (unpaired) electrons. The molecule has 0 bridgehead atoms. The van der Waals surface area contributed by atoms with Gasteiger partial charge in [0.15, 0.2) is 0 Å². The number of benzene rings is 1. The van der Waals surface area contributed by atoms with E-state index in [1.165, 1.54) is 24.1 Å². The lowest BCUT2D eigenvalue weighted by Crippen LogP contribution is -2.22. The van der Waals surface area contributed by atoms with Gasteiger partial charge in [-0.15, -0.1) is 0 Å². The summed E-state index contributed by atoms with van der Waals surface area (Å²) in [7, 11) is 4.14. The van der Waals surface area contributed by atoms with E-state index in [9.17, 15) is 0 Å². The number of nitrogens with zero attached hydrogens (tertiary/aromatic N) is 1. The van der Waals surface area contributed by atoms with E-state index < -0.39 is 0 Å². The first kappa shape index (κ1) is 11.2. The van der Waals surface area contributed by atoms with Crippen molar-refractivity contribution >= 4 is 11.8 Å². The van der Waals surface area contributed by atoms with Crippen LogP contribution in [0, 0.1) is 0 Å². The lowest BCUT2D eigenvalue weighted by Gasteiger charge is -2.15. The van der Waals surface area contributed by atoms with E-state index in [4.69, 9.17) is 0 Å². The molecule has 1 N–H and O–H groups in total. The van der Waals surface area contributed by atoms with E-state index in [-0.39, 0.29) is 0 Å². The van der Waals surface area contributed by atoms with Crippen molar-refractivity contribution < 1.29 is 0 Å². The Hall–Kier alpha value is -1.28. The highest BCUT2D eigenvalue weighted by atomic mass is 15.1. The van der Waals surface area contributed by atoms with Gasteiger partial charge in [-0.25, -0.2) is 0 Å². The van der Waals surface area contributed by atoms with Crippen LogP contribution >= 0.6 is 0 Å². The van der Waals surface area contributed by atoms with Crippen LogP contribution in [0.5, 0.6) is 0 Å². The lowest BCUT2D eigenvalue weighted by molar-refractivity contribution is 0.613. The van der Waals surface area contributed by atoms with Gasteiger partial charge in [0.25, 0.3) is 0 Å². The smallest absolute Gasteiger partial charge is 0.0361 e. The van der Waals surface area contributed by atoms with E-state index >= 15 is 0 Å². The van der Waals surface area contributed by atoms with Crippen LogP contribution in [0.2, 0.25) is 0 Å². The number of nitrogens with one attached hydrogen (secondary N) is 1. The van der Waals surface area contributed by atoms with E-state index in [2.05, 4.69) is 54.7 Å². The second-order valence-corrected chi connectivity index (χ2v) is 4.54. The Balaban J connectivity index is 2.09. The highest BCUT2D eigenvalue weighted by Gasteiger charge is 2.04. The third-order valence-electron chi connectivity index (χ3n) is 3.03. The number of anilines is 1. The first-order chi connectivity index (χ1) is 7.75. The Bertz CT molecular complexity index is 355. The molecule has 1 heterocycles. The molecule has 0 spiro atoms. The molecule has 86 valence electrons. The minimum Gasteiger partial charge on any atom is -0.378 e. The van der Waals surface area contributed by atoms with Crippen molar-refractivity contribution in [3.05, 3.63) is 35.4 Å². The summed E-state index contributed by atoms with van der Waals surface area (Å²) in [5.41, 5.74) is 4.14. The molecule has 0 saturated carbocycles. The van der Waals surface area contributed by atoms with Crippen LogP contribution < -0.4 is 10.2 Å². The molecule has 16 heavy (non-hydrogen) atoms. The molecular weight excluding hydrogens is 196 g/mol. The second-order valence-electron chi connectivity index (χ2n) is 4.54. The van der Waals surface area contributed by atoms with Crippen LogP contribution in [0.25, 0.3) is 6.08 Å². The molecule has 1 aromatic carbocycles. The zero-order valence-electron chi connectivity index (χ0n) is 10.2. The zero-order chi connectivity index (χ0) is 11.4. The summed E-state index contributed by atoms with van der Waals surface area (Å²) < 4.78 is 0. The van der Waals surface area contributed by atoms with Gasteiger partial charge in [0.05, 0.1) is 0 Å². The van der Waals surface area contributed by atoms with Crippen molar-refractivity contribution in [2.24, 2.45) is 0 Å². The molecule has 0 unspecified atom stereocenters. The fourth-order valence-electron chi connectivity index (χ4n) is 2.00. The molecular formula is C14H20N2. The SMILES string of the molecule is CN(C)c1ccc(C=C2CCNCC2)cc1. The molecule has 2 rings (SSSR count). The number of rotatable bonds is 2. The maximum atomic E-state index is 3.38. The van der Waals surface area contributed by atoms with Gasteiger partial charge in [0.2, 0.25) is 0 Å². The van der Waals surface area contributed by atoms with Crippen molar-refractivity contribution in [3.8, 4) is 0 Å². The van der Waals surface area contributed by atoms with Gasteiger partial charge in [-0.05, 0) is 43.6 Å². The maximum Gasteiger partial charge on any atom is 0.0361 e. The summed E-state index contributed by atoms with van der Waals surface area (Å²) in [5, 5.41) is 3.38. The Morgan fingerprint density at radius 1 is 1.06 bits per heavy atom. The summed E-state index contributed by atoms with van der Waals surface area (Å²) >= 11 is 0. The van der Waals surface area contributed by atoms with Crippen LogP contribution in [-0.4, -0.2) is 27.2 Å². The number of hydrogen-bond donors (Lipinski definition) is 1. The molecule has 0 aromatic heterocycles. The highest BCUT2D eigenvalue weighted by molar-refractivity contribution is 5.57. The zero-order valence-corrected chi connectivity index (χ0v) is 10.2. The summed E-state index contributed by atoms with van der Waals surface area (Å²) in [5.74, 6) is 0. The molecule has 0 aliphatic carbocycles. The number of hydrogen-bond acceptors (Lipinski definition) is 2. The van der Waals surface area contributed by atoms with Gasteiger partial charge in [-0.3, -0.25) is 0 Å². The molecule has 1 aromatic rings. The van der Waals surface area contributed by atoms with E-state index in [0.717, 1.165) is 13.1 Å². The third kappa shape index (κ3) is 2.86. The Morgan fingerprint density at radius 2 is 1.69 bits per heavy atom. The first-order valence-electron chi connectivity index (χ1n) is 5.93. The minimum absolute atomic E-state index is 1.13. The van der Waals surface area contributed by atoms with Crippen LogP contribution in [0.3, 0.4) is 0 Å².